The van der Waals surface area contributed by atoms with Crippen molar-refractivity contribution in [3.63, 3.8) is 0 Å². The molecule has 0 aromatic carbocycles. The number of rotatable bonds is 8. The van der Waals surface area contributed by atoms with Crippen LogP contribution in [0.25, 0.3) is 0 Å². The van der Waals surface area contributed by atoms with Crippen molar-refractivity contribution in [1.82, 2.24) is 4.90 Å². The Morgan fingerprint density at radius 2 is 2.32 bits per heavy atom. The summed E-state index contributed by atoms with van der Waals surface area (Å²) in [6.07, 6.45) is 3.86. The molecule has 0 radical (unpaired) electrons. The van der Waals surface area contributed by atoms with Crippen molar-refractivity contribution in [1.29, 1.82) is 0 Å². The molecule has 110 valence electrons. The lowest BCUT2D eigenvalue weighted by atomic mass is 10.2. The van der Waals surface area contributed by atoms with E-state index in [2.05, 4.69) is 6.58 Å². The molecule has 1 atom stereocenters. The molecule has 0 aromatic heterocycles. The van der Waals surface area contributed by atoms with E-state index in [0.717, 1.165) is 12.8 Å². The maximum absolute atomic E-state index is 12.2. The van der Waals surface area contributed by atoms with E-state index in [1.54, 1.807) is 11.0 Å². The smallest absolute Gasteiger partial charge is 0.224 e. The summed E-state index contributed by atoms with van der Waals surface area (Å²) in [5, 5.41) is 0. The highest BCUT2D eigenvalue weighted by atomic mass is 35.5. The summed E-state index contributed by atoms with van der Waals surface area (Å²) in [5.74, 6) is 0.729. The zero-order valence-corrected chi connectivity index (χ0v) is 12.6. The molecule has 0 aliphatic carbocycles. The van der Waals surface area contributed by atoms with Crippen molar-refractivity contribution < 1.29 is 14.3 Å². The first-order valence-corrected chi connectivity index (χ1v) is 7.27. The molecule has 1 rings (SSSR count). The highest BCUT2D eigenvalue weighted by molar-refractivity contribution is 6.17. The predicted octanol–water partition coefficient (Wildman–Crippen LogP) is 2.56. The van der Waals surface area contributed by atoms with Crippen molar-refractivity contribution in [3.05, 3.63) is 12.7 Å². The molecule has 1 aliphatic heterocycles. The lowest BCUT2D eigenvalue weighted by Crippen LogP contribution is -2.43. The first kappa shape index (κ1) is 16.5. The van der Waals surface area contributed by atoms with Gasteiger partial charge in [0.25, 0.3) is 0 Å². The van der Waals surface area contributed by atoms with Gasteiger partial charge in [0, 0.05) is 12.3 Å². The zero-order chi connectivity index (χ0) is 14.3. The minimum absolute atomic E-state index is 0.0630. The van der Waals surface area contributed by atoms with Crippen LogP contribution in [0.15, 0.2) is 12.7 Å². The number of halogens is 1. The van der Waals surface area contributed by atoms with Gasteiger partial charge in [0.1, 0.15) is 11.8 Å². The van der Waals surface area contributed by atoms with E-state index < -0.39 is 5.72 Å². The summed E-state index contributed by atoms with van der Waals surface area (Å²) in [5.41, 5.74) is -0.555. The molecule has 1 amide bonds. The molecule has 0 saturated carbocycles. The van der Waals surface area contributed by atoms with E-state index in [1.807, 2.05) is 13.8 Å². The van der Waals surface area contributed by atoms with Crippen LogP contribution in [0.3, 0.4) is 0 Å². The maximum atomic E-state index is 12.2. The number of carbonyl (C=O) groups is 1. The van der Waals surface area contributed by atoms with Crippen LogP contribution in [0.1, 0.15) is 33.1 Å². The van der Waals surface area contributed by atoms with Crippen molar-refractivity contribution in [3.8, 4) is 0 Å². The van der Waals surface area contributed by atoms with Gasteiger partial charge < -0.3 is 14.4 Å². The largest absolute Gasteiger partial charge is 0.375 e. The zero-order valence-electron chi connectivity index (χ0n) is 11.9. The Balaban J connectivity index is 2.44. The Kier molecular flexibility index (Phi) is 6.83. The highest BCUT2D eigenvalue weighted by Gasteiger charge is 2.41. The van der Waals surface area contributed by atoms with E-state index in [4.69, 9.17) is 21.1 Å². The Bertz CT molecular complexity index is 307. The summed E-state index contributed by atoms with van der Waals surface area (Å²) in [7, 11) is 0. The molecule has 1 fully saturated rings. The molecule has 0 bridgehead atoms. The molecular formula is C14H24ClNO3. The first-order chi connectivity index (χ1) is 9.01. The van der Waals surface area contributed by atoms with Gasteiger partial charge in [-0.3, -0.25) is 4.79 Å². The quantitative estimate of drug-likeness (QED) is 0.392. The third-order valence-corrected chi connectivity index (χ3v) is 3.37. The molecular weight excluding hydrogens is 266 g/mol. The summed E-state index contributed by atoms with van der Waals surface area (Å²) in [6, 6.07) is 0. The molecule has 0 aromatic rings. The summed E-state index contributed by atoms with van der Waals surface area (Å²) in [6.45, 7) is 9.01. The van der Waals surface area contributed by atoms with Crippen molar-refractivity contribution in [2.45, 2.75) is 44.9 Å². The van der Waals surface area contributed by atoms with Crippen LogP contribution in [0.5, 0.6) is 0 Å². The van der Waals surface area contributed by atoms with Gasteiger partial charge in [-0.2, -0.15) is 0 Å². The number of hydrogen-bond donors (Lipinski definition) is 0. The van der Waals surface area contributed by atoms with Crippen LogP contribution in [0.2, 0.25) is 0 Å². The fourth-order valence-corrected chi connectivity index (χ4v) is 2.40. The molecule has 1 heterocycles. The summed E-state index contributed by atoms with van der Waals surface area (Å²) < 4.78 is 11.2. The van der Waals surface area contributed by atoms with Crippen LogP contribution < -0.4 is 0 Å². The molecule has 1 unspecified atom stereocenters. The normalized spacial score (nSPS) is 21.6. The third kappa shape index (κ3) is 5.13. The van der Waals surface area contributed by atoms with Gasteiger partial charge in [-0.15, -0.1) is 18.2 Å². The minimum Gasteiger partial charge on any atom is -0.375 e. The summed E-state index contributed by atoms with van der Waals surface area (Å²) >= 11 is 5.62. The number of carbonyl (C=O) groups excluding carboxylic acids is 1. The van der Waals surface area contributed by atoms with E-state index in [1.165, 1.54) is 0 Å². The predicted molar refractivity (Wildman–Crippen MR) is 76.3 cm³/mol. The van der Waals surface area contributed by atoms with Gasteiger partial charge in [0.05, 0.1) is 19.8 Å². The number of amides is 1. The number of ether oxygens (including phenoxy) is 2. The van der Waals surface area contributed by atoms with Crippen molar-refractivity contribution >= 4 is 17.5 Å². The monoisotopic (exact) mass is 289 g/mol. The van der Waals surface area contributed by atoms with Crippen molar-refractivity contribution in [2.24, 2.45) is 0 Å². The standard InChI is InChI=1S/C14H24ClNO3/c1-4-9-18-11-12-10-16(14(2,3)19-12)13(17)7-5-6-8-15/h4,12H,1,5-11H2,2-3H3. The Hall–Kier alpha value is -0.580. The van der Waals surface area contributed by atoms with Crippen LogP contribution in [0, 0.1) is 0 Å². The first-order valence-electron chi connectivity index (χ1n) is 6.74. The molecule has 1 saturated heterocycles. The lowest BCUT2D eigenvalue weighted by Gasteiger charge is -2.29. The van der Waals surface area contributed by atoms with E-state index >= 15 is 0 Å². The average Bonchev–Trinajstić information content (AvgIpc) is 2.65. The Labute approximate surface area is 120 Å². The van der Waals surface area contributed by atoms with Crippen LogP contribution in [-0.4, -0.2) is 48.3 Å². The molecule has 0 spiro atoms. The van der Waals surface area contributed by atoms with Crippen LogP contribution in [-0.2, 0) is 14.3 Å². The molecule has 0 N–H and O–H groups in total. The number of unbranched alkanes of at least 4 members (excludes halogenated alkanes) is 1. The SMILES string of the molecule is C=CCOCC1CN(C(=O)CCCCCl)C(C)(C)O1. The van der Waals surface area contributed by atoms with Gasteiger partial charge >= 0.3 is 0 Å². The molecule has 1 aliphatic rings. The number of alkyl halides is 1. The average molecular weight is 290 g/mol. The molecule has 19 heavy (non-hydrogen) atoms. The van der Waals surface area contributed by atoms with Crippen molar-refractivity contribution in [2.75, 3.05) is 25.6 Å². The minimum atomic E-state index is -0.555. The van der Waals surface area contributed by atoms with Gasteiger partial charge in [-0.1, -0.05) is 6.08 Å². The van der Waals surface area contributed by atoms with Crippen LogP contribution in [0.4, 0.5) is 0 Å². The van der Waals surface area contributed by atoms with Gasteiger partial charge in [0.15, 0.2) is 0 Å². The van der Waals surface area contributed by atoms with Gasteiger partial charge in [-0.05, 0) is 26.7 Å². The van der Waals surface area contributed by atoms with E-state index in [-0.39, 0.29) is 12.0 Å². The highest BCUT2D eigenvalue weighted by Crippen LogP contribution is 2.27. The van der Waals surface area contributed by atoms with Gasteiger partial charge in [-0.25, -0.2) is 0 Å². The van der Waals surface area contributed by atoms with E-state index in [9.17, 15) is 4.79 Å². The topological polar surface area (TPSA) is 38.8 Å². The Morgan fingerprint density at radius 1 is 1.58 bits per heavy atom. The van der Waals surface area contributed by atoms with E-state index in [0.29, 0.717) is 32.1 Å². The van der Waals surface area contributed by atoms with Gasteiger partial charge in [0.2, 0.25) is 5.91 Å². The second-order valence-corrected chi connectivity index (χ2v) is 5.54. The molecule has 5 heteroatoms. The lowest BCUT2D eigenvalue weighted by molar-refractivity contribution is -0.147. The summed E-state index contributed by atoms with van der Waals surface area (Å²) in [4.78, 5) is 14.0. The fraction of sp³-hybridized carbons (Fsp3) is 0.786. The second-order valence-electron chi connectivity index (χ2n) is 5.16. The number of nitrogens with zero attached hydrogens (tertiary/aromatic N) is 1. The number of hydrogen-bond acceptors (Lipinski definition) is 3. The maximum Gasteiger partial charge on any atom is 0.224 e. The fourth-order valence-electron chi connectivity index (χ4n) is 2.21. The third-order valence-electron chi connectivity index (χ3n) is 3.11. The Morgan fingerprint density at radius 3 is 2.95 bits per heavy atom. The van der Waals surface area contributed by atoms with Crippen LogP contribution >= 0.6 is 11.6 Å². The molecule has 4 nitrogen and oxygen atoms in total. The second kappa shape index (κ2) is 7.88.